The summed E-state index contributed by atoms with van der Waals surface area (Å²) in [5.41, 5.74) is 1.01. The molecule has 0 saturated heterocycles. The van der Waals surface area contributed by atoms with Crippen LogP contribution in [-0.4, -0.2) is 4.98 Å². The molecule has 3 aromatic rings. The van der Waals surface area contributed by atoms with Crippen molar-refractivity contribution in [1.82, 2.24) is 4.98 Å². The van der Waals surface area contributed by atoms with Gasteiger partial charge < -0.3 is 0 Å². The van der Waals surface area contributed by atoms with Crippen LogP contribution in [0.3, 0.4) is 0 Å². The minimum atomic E-state index is 0.694. The zero-order valence-corrected chi connectivity index (χ0v) is 10.7. The minimum Gasteiger partial charge on any atom is -0.264 e. The maximum absolute atomic E-state index is 8.69. The molecule has 0 bridgehead atoms. The Kier molecular flexibility index (Phi) is 2.91. The summed E-state index contributed by atoms with van der Waals surface area (Å²) in [6.07, 6.45) is 6.90. The van der Waals surface area contributed by atoms with Crippen molar-refractivity contribution in [2.45, 2.75) is 0 Å². The van der Waals surface area contributed by atoms with Gasteiger partial charge >= 0.3 is 0 Å². The average Bonchev–Trinajstić information content (AvgIpc) is 2.44. The number of pyridine rings is 1. The highest BCUT2D eigenvalue weighted by Crippen LogP contribution is 2.31. The van der Waals surface area contributed by atoms with Crippen molar-refractivity contribution in [3.8, 4) is 6.07 Å². The summed E-state index contributed by atoms with van der Waals surface area (Å²) in [6.45, 7) is 0. The van der Waals surface area contributed by atoms with Crippen LogP contribution in [0.1, 0.15) is 5.56 Å². The van der Waals surface area contributed by atoms with Crippen molar-refractivity contribution in [1.29, 1.82) is 5.26 Å². The number of allylic oxidation sites excluding steroid dienone is 1. The molecule has 3 rings (SSSR count). The highest BCUT2D eigenvalue weighted by atomic mass is 35.5. The number of fused-ring (bicyclic) bond motifs is 3. The van der Waals surface area contributed by atoms with E-state index in [1.165, 1.54) is 6.08 Å². The Balaban J connectivity index is 2.48. The zero-order chi connectivity index (χ0) is 13.2. The largest absolute Gasteiger partial charge is 0.264 e. The molecule has 0 saturated carbocycles. The van der Waals surface area contributed by atoms with Gasteiger partial charge in [-0.2, -0.15) is 5.26 Å². The van der Waals surface area contributed by atoms with E-state index in [0.29, 0.717) is 5.02 Å². The van der Waals surface area contributed by atoms with Crippen LogP contribution in [0.15, 0.2) is 48.8 Å². The number of rotatable bonds is 1. The molecule has 0 spiro atoms. The first-order valence-corrected chi connectivity index (χ1v) is 6.19. The number of nitriles is 1. The average molecular weight is 265 g/mol. The Bertz CT molecular complexity index is 844. The molecule has 1 heterocycles. The quantitative estimate of drug-likeness (QED) is 0.476. The van der Waals surface area contributed by atoms with Crippen LogP contribution >= 0.6 is 11.6 Å². The Labute approximate surface area is 115 Å². The molecule has 0 aliphatic heterocycles. The SMILES string of the molecule is N#C/C=C\c1cc2ccncc2c2cc(Cl)ccc12. The number of halogens is 1. The van der Waals surface area contributed by atoms with E-state index in [2.05, 4.69) is 11.1 Å². The molecule has 1 aromatic heterocycles. The molecule has 0 aliphatic rings. The van der Waals surface area contributed by atoms with Crippen LogP contribution in [0, 0.1) is 11.3 Å². The fourth-order valence-corrected chi connectivity index (χ4v) is 2.43. The third kappa shape index (κ3) is 2.05. The lowest BCUT2D eigenvalue weighted by Crippen LogP contribution is -1.84. The van der Waals surface area contributed by atoms with Crippen LogP contribution in [-0.2, 0) is 0 Å². The van der Waals surface area contributed by atoms with Gasteiger partial charge in [-0.1, -0.05) is 17.7 Å². The van der Waals surface area contributed by atoms with Gasteiger partial charge in [-0.05, 0) is 52.1 Å². The Morgan fingerprint density at radius 3 is 2.84 bits per heavy atom. The van der Waals surface area contributed by atoms with Crippen molar-refractivity contribution in [2.75, 3.05) is 0 Å². The normalized spacial score (nSPS) is 11.2. The lowest BCUT2D eigenvalue weighted by molar-refractivity contribution is 1.37. The fraction of sp³-hybridized carbons (Fsp3) is 0. The van der Waals surface area contributed by atoms with E-state index in [-0.39, 0.29) is 0 Å². The van der Waals surface area contributed by atoms with Gasteiger partial charge in [-0.25, -0.2) is 0 Å². The van der Waals surface area contributed by atoms with E-state index in [1.807, 2.05) is 42.6 Å². The molecule has 0 unspecified atom stereocenters. The molecule has 0 amide bonds. The highest BCUT2D eigenvalue weighted by molar-refractivity contribution is 6.32. The molecule has 0 fully saturated rings. The van der Waals surface area contributed by atoms with Crippen molar-refractivity contribution in [3.63, 3.8) is 0 Å². The second kappa shape index (κ2) is 4.72. The summed E-state index contributed by atoms with van der Waals surface area (Å²) in [7, 11) is 0. The van der Waals surface area contributed by atoms with E-state index in [0.717, 1.165) is 27.1 Å². The molecule has 3 heteroatoms. The van der Waals surface area contributed by atoms with Gasteiger partial charge in [-0.3, -0.25) is 4.98 Å². The maximum Gasteiger partial charge on any atom is 0.0912 e. The van der Waals surface area contributed by atoms with Gasteiger partial charge in [0.15, 0.2) is 0 Å². The monoisotopic (exact) mass is 264 g/mol. The standard InChI is InChI=1S/C16H9ClN2/c17-13-3-4-14-11(2-1-6-18)8-12-5-7-19-10-16(12)15(14)9-13/h1-5,7-10H/b2-1-. The second-order valence-electron chi connectivity index (χ2n) is 4.21. The first-order chi connectivity index (χ1) is 9.29. The third-order valence-electron chi connectivity index (χ3n) is 3.09. The molecule has 19 heavy (non-hydrogen) atoms. The number of nitrogens with zero attached hydrogens (tertiary/aromatic N) is 2. The molecule has 2 aromatic carbocycles. The molecule has 0 N–H and O–H groups in total. The molecule has 2 nitrogen and oxygen atoms in total. The predicted octanol–water partition coefficient (Wildman–Crippen LogP) is 4.58. The van der Waals surface area contributed by atoms with Crippen molar-refractivity contribution >= 4 is 39.2 Å². The van der Waals surface area contributed by atoms with Crippen molar-refractivity contribution in [3.05, 3.63) is 59.4 Å². The number of benzene rings is 2. The smallest absolute Gasteiger partial charge is 0.0912 e. The lowest BCUT2D eigenvalue weighted by atomic mass is 9.98. The fourth-order valence-electron chi connectivity index (χ4n) is 2.26. The zero-order valence-electron chi connectivity index (χ0n) is 9.97. The minimum absolute atomic E-state index is 0.694. The Morgan fingerprint density at radius 2 is 2.00 bits per heavy atom. The molecule has 0 radical (unpaired) electrons. The Hall–Kier alpha value is -2.37. The number of hydrogen-bond acceptors (Lipinski definition) is 2. The molecular formula is C16H9ClN2. The van der Waals surface area contributed by atoms with Crippen LogP contribution in [0.4, 0.5) is 0 Å². The molecule has 0 atom stereocenters. The van der Waals surface area contributed by atoms with Crippen LogP contribution < -0.4 is 0 Å². The van der Waals surface area contributed by atoms with Gasteiger partial charge in [-0.15, -0.1) is 0 Å². The predicted molar refractivity (Wildman–Crippen MR) is 78.9 cm³/mol. The van der Waals surface area contributed by atoms with Gasteiger partial charge in [0.05, 0.1) is 6.07 Å². The first kappa shape index (κ1) is 11.7. The van der Waals surface area contributed by atoms with E-state index in [1.54, 1.807) is 6.20 Å². The van der Waals surface area contributed by atoms with E-state index in [4.69, 9.17) is 16.9 Å². The first-order valence-electron chi connectivity index (χ1n) is 5.82. The van der Waals surface area contributed by atoms with Crippen LogP contribution in [0.2, 0.25) is 5.02 Å². The summed E-state index contributed by atoms with van der Waals surface area (Å²) >= 11 is 6.08. The van der Waals surface area contributed by atoms with E-state index in [9.17, 15) is 0 Å². The summed E-state index contributed by atoms with van der Waals surface area (Å²) < 4.78 is 0. The molecule has 0 aliphatic carbocycles. The van der Waals surface area contributed by atoms with Gasteiger partial charge in [0.25, 0.3) is 0 Å². The van der Waals surface area contributed by atoms with Gasteiger partial charge in [0.2, 0.25) is 0 Å². The van der Waals surface area contributed by atoms with Crippen molar-refractivity contribution < 1.29 is 0 Å². The molecular weight excluding hydrogens is 256 g/mol. The van der Waals surface area contributed by atoms with Gasteiger partial charge in [0, 0.05) is 28.9 Å². The third-order valence-corrected chi connectivity index (χ3v) is 3.32. The highest BCUT2D eigenvalue weighted by Gasteiger charge is 2.05. The van der Waals surface area contributed by atoms with E-state index >= 15 is 0 Å². The van der Waals surface area contributed by atoms with Crippen molar-refractivity contribution in [2.24, 2.45) is 0 Å². The topological polar surface area (TPSA) is 36.7 Å². The number of hydrogen-bond donors (Lipinski definition) is 0. The maximum atomic E-state index is 8.69. The van der Waals surface area contributed by atoms with E-state index < -0.39 is 0 Å². The Morgan fingerprint density at radius 1 is 1.11 bits per heavy atom. The number of aromatic nitrogens is 1. The summed E-state index contributed by atoms with van der Waals surface area (Å²) in [4.78, 5) is 4.17. The summed E-state index contributed by atoms with van der Waals surface area (Å²) in [5.74, 6) is 0. The summed E-state index contributed by atoms with van der Waals surface area (Å²) in [5, 5.41) is 13.6. The van der Waals surface area contributed by atoms with Crippen LogP contribution in [0.25, 0.3) is 27.6 Å². The van der Waals surface area contributed by atoms with Gasteiger partial charge in [0.1, 0.15) is 0 Å². The van der Waals surface area contributed by atoms with Crippen LogP contribution in [0.5, 0.6) is 0 Å². The lowest BCUT2D eigenvalue weighted by Gasteiger charge is -2.07. The summed E-state index contributed by atoms with van der Waals surface area (Å²) in [6, 6.07) is 11.8. The second-order valence-corrected chi connectivity index (χ2v) is 4.65. The molecule has 90 valence electrons.